The highest BCUT2D eigenvalue weighted by Gasteiger charge is 2.22. The van der Waals surface area contributed by atoms with Crippen LogP contribution in [0.5, 0.6) is 6.01 Å². The number of aliphatic hydroxyl groups is 1. The van der Waals surface area contributed by atoms with Crippen LogP contribution < -0.4 is 15.4 Å². The van der Waals surface area contributed by atoms with Crippen LogP contribution in [0, 0.1) is 0 Å². The van der Waals surface area contributed by atoms with Gasteiger partial charge in [0.25, 0.3) is 0 Å². The Bertz CT molecular complexity index is 435. The molecule has 1 aromatic heterocycles. The van der Waals surface area contributed by atoms with E-state index in [-0.39, 0.29) is 18.7 Å². The SMILES string of the molecule is CCCNc1nc(NC(C)(CC)CO)nc(OC(C)C)n1. The first-order valence-electron chi connectivity index (χ1n) is 7.48. The number of nitrogens with one attached hydrogen (secondary N) is 2. The van der Waals surface area contributed by atoms with E-state index in [4.69, 9.17) is 4.74 Å². The van der Waals surface area contributed by atoms with E-state index >= 15 is 0 Å². The number of rotatable bonds is 9. The molecule has 7 nitrogen and oxygen atoms in total. The van der Waals surface area contributed by atoms with E-state index in [0.717, 1.165) is 19.4 Å². The highest BCUT2D eigenvalue weighted by Crippen LogP contribution is 2.18. The molecule has 7 heteroatoms. The van der Waals surface area contributed by atoms with Crippen LogP contribution in [0.2, 0.25) is 0 Å². The summed E-state index contributed by atoms with van der Waals surface area (Å²) >= 11 is 0. The number of ether oxygens (including phenoxy) is 1. The summed E-state index contributed by atoms with van der Waals surface area (Å²) in [5.41, 5.74) is -0.474. The molecule has 1 atom stereocenters. The third kappa shape index (κ3) is 5.71. The zero-order valence-electron chi connectivity index (χ0n) is 13.6. The van der Waals surface area contributed by atoms with Gasteiger partial charge in [0.15, 0.2) is 0 Å². The van der Waals surface area contributed by atoms with Crippen molar-refractivity contribution in [3.63, 3.8) is 0 Å². The van der Waals surface area contributed by atoms with Crippen molar-refractivity contribution in [2.75, 3.05) is 23.8 Å². The Balaban J connectivity index is 3.00. The average Bonchev–Trinajstić information content (AvgIpc) is 2.44. The number of anilines is 2. The fourth-order valence-corrected chi connectivity index (χ4v) is 1.50. The summed E-state index contributed by atoms with van der Waals surface area (Å²) in [6.07, 6.45) is 1.69. The molecule has 1 aromatic rings. The van der Waals surface area contributed by atoms with E-state index < -0.39 is 5.54 Å². The average molecular weight is 297 g/mol. The summed E-state index contributed by atoms with van der Waals surface area (Å²) in [6.45, 7) is 10.6. The van der Waals surface area contributed by atoms with Crippen LogP contribution in [0.1, 0.15) is 47.5 Å². The Kier molecular flexibility index (Phi) is 6.61. The molecular formula is C14H27N5O2. The molecule has 21 heavy (non-hydrogen) atoms. The molecule has 0 bridgehead atoms. The molecule has 0 radical (unpaired) electrons. The smallest absolute Gasteiger partial charge is 0.323 e. The highest BCUT2D eigenvalue weighted by molar-refractivity contribution is 5.38. The molecule has 0 saturated carbocycles. The second-order valence-electron chi connectivity index (χ2n) is 5.56. The Hall–Kier alpha value is -1.63. The van der Waals surface area contributed by atoms with Crippen molar-refractivity contribution in [1.29, 1.82) is 0 Å². The van der Waals surface area contributed by atoms with Gasteiger partial charge in [-0.1, -0.05) is 13.8 Å². The lowest BCUT2D eigenvalue weighted by molar-refractivity contribution is 0.214. The van der Waals surface area contributed by atoms with Crippen molar-refractivity contribution < 1.29 is 9.84 Å². The van der Waals surface area contributed by atoms with Gasteiger partial charge in [-0.3, -0.25) is 0 Å². The molecule has 1 rings (SSSR count). The number of aromatic nitrogens is 3. The van der Waals surface area contributed by atoms with Gasteiger partial charge in [-0.15, -0.1) is 0 Å². The molecular weight excluding hydrogens is 270 g/mol. The van der Waals surface area contributed by atoms with Gasteiger partial charge in [-0.2, -0.15) is 15.0 Å². The minimum Gasteiger partial charge on any atom is -0.461 e. The first-order chi connectivity index (χ1) is 9.92. The Morgan fingerprint density at radius 3 is 2.38 bits per heavy atom. The van der Waals surface area contributed by atoms with Crippen LogP contribution in [0.3, 0.4) is 0 Å². The fraction of sp³-hybridized carbons (Fsp3) is 0.786. The normalized spacial score (nSPS) is 13.9. The van der Waals surface area contributed by atoms with Gasteiger partial charge >= 0.3 is 6.01 Å². The molecule has 0 aromatic carbocycles. The van der Waals surface area contributed by atoms with Crippen molar-refractivity contribution in [2.24, 2.45) is 0 Å². The van der Waals surface area contributed by atoms with Gasteiger partial charge < -0.3 is 20.5 Å². The lowest BCUT2D eigenvalue weighted by atomic mass is 10.0. The molecule has 0 fully saturated rings. The van der Waals surface area contributed by atoms with E-state index in [9.17, 15) is 5.11 Å². The third-order valence-corrected chi connectivity index (χ3v) is 3.03. The summed E-state index contributed by atoms with van der Waals surface area (Å²) in [6, 6.07) is 0.275. The molecule has 0 amide bonds. The zero-order valence-corrected chi connectivity index (χ0v) is 13.6. The predicted octanol–water partition coefficient (Wildman–Crippen LogP) is 2.05. The summed E-state index contributed by atoms with van der Waals surface area (Å²) in [4.78, 5) is 12.8. The van der Waals surface area contributed by atoms with Crippen LogP contribution >= 0.6 is 0 Å². The molecule has 3 N–H and O–H groups in total. The summed E-state index contributed by atoms with van der Waals surface area (Å²) in [5.74, 6) is 0.874. The number of hydrogen-bond acceptors (Lipinski definition) is 7. The van der Waals surface area contributed by atoms with Crippen LogP contribution in [-0.4, -0.2) is 44.9 Å². The molecule has 0 aliphatic heterocycles. The van der Waals surface area contributed by atoms with E-state index in [0.29, 0.717) is 11.9 Å². The summed E-state index contributed by atoms with van der Waals surface area (Å²) in [5, 5.41) is 15.8. The van der Waals surface area contributed by atoms with Crippen molar-refractivity contribution in [3.05, 3.63) is 0 Å². The summed E-state index contributed by atoms with van der Waals surface area (Å²) < 4.78 is 5.55. The van der Waals surface area contributed by atoms with Gasteiger partial charge in [0.1, 0.15) is 0 Å². The monoisotopic (exact) mass is 297 g/mol. The Labute approximate surface area is 126 Å². The lowest BCUT2D eigenvalue weighted by Gasteiger charge is -2.27. The Morgan fingerprint density at radius 1 is 1.19 bits per heavy atom. The maximum absolute atomic E-state index is 9.49. The van der Waals surface area contributed by atoms with Crippen LogP contribution in [-0.2, 0) is 0 Å². The van der Waals surface area contributed by atoms with Crippen LogP contribution in [0.4, 0.5) is 11.9 Å². The minimum atomic E-state index is -0.474. The van der Waals surface area contributed by atoms with Gasteiger partial charge in [0, 0.05) is 6.54 Å². The Morgan fingerprint density at radius 2 is 1.86 bits per heavy atom. The minimum absolute atomic E-state index is 0.00667. The lowest BCUT2D eigenvalue weighted by Crippen LogP contribution is -2.38. The van der Waals surface area contributed by atoms with Crippen molar-refractivity contribution in [2.45, 2.75) is 59.1 Å². The third-order valence-electron chi connectivity index (χ3n) is 3.03. The van der Waals surface area contributed by atoms with Gasteiger partial charge in [0.05, 0.1) is 18.2 Å². The van der Waals surface area contributed by atoms with Crippen molar-refractivity contribution >= 4 is 11.9 Å². The molecule has 120 valence electrons. The second-order valence-corrected chi connectivity index (χ2v) is 5.56. The first kappa shape index (κ1) is 17.4. The first-order valence-corrected chi connectivity index (χ1v) is 7.48. The molecule has 0 saturated heterocycles. The number of aliphatic hydroxyl groups excluding tert-OH is 1. The predicted molar refractivity (Wildman–Crippen MR) is 83.8 cm³/mol. The van der Waals surface area contributed by atoms with E-state index in [1.165, 1.54) is 0 Å². The quantitative estimate of drug-likeness (QED) is 0.642. The largest absolute Gasteiger partial charge is 0.461 e. The van der Waals surface area contributed by atoms with Crippen LogP contribution in [0.15, 0.2) is 0 Å². The van der Waals surface area contributed by atoms with Crippen molar-refractivity contribution in [1.82, 2.24) is 15.0 Å². The van der Waals surface area contributed by atoms with E-state index in [2.05, 4.69) is 32.5 Å². The van der Waals surface area contributed by atoms with Crippen molar-refractivity contribution in [3.8, 4) is 6.01 Å². The number of nitrogens with zero attached hydrogens (tertiary/aromatic N) is 3. The van der Waals surface area contributed by atoms with Gasteiger partial charge in [-0.25, -0.2) is 0 Å². The molecule has 0 aliphatic carbocycles. The maximum atomic E-state index is 9.49. The molecule has 0 spiro atoms. The standard InChI is InChI=1S/C14H27N5O2/c1-6-8-15-11-16-12(19-14(5,7-2)9-20)18-13(17-11)21-10(3)4/h10,20H,6-9H2,1-5H3,(H2,15,16,17,18,19). The summed E-state index contributed by atoms with van der Waals surface area (Å²) in [7, 11) is 0. The highest BCUT2D eigenvalue weighted by atomic mass is 16.5. The van der Waals surface area contributed by atoms with Crippen LogP contribution in [0.25, 0.3) is 0 Å². The fourth-order valence-electron chi connectivity index (χ4n) is 1.50. The van der Waals surface area contributed by atoms with Gasteiger partial charge in [0.2, 0.25) is 11.9 Å². The number of hydrogen-bond donors (Lipinski definition) is 3. The maximum Gasteiger partial charge on any atom is 0.323 e. The zero-order chi connectivity index (χ0) is 15.9. The second kappa shape index (κ2) is 7.97. The van der Waals surface area contributed by atoms with E-state index in [1.54, 1.807) is 0 Å². The van der Waals surface area contributed by atoms with E-state index in [1.807, 2.05) is 27.7 Å². The molecule has 1 unspecified atom stereocenters. The molecule has 0 aliphatic rings. The topological polar surface area (TPSA) is 92.2 Å². The molecule has 1 heterocycles. The van der Waals surface area contributed by atoms with Gasteiger partial charge in [-0.05, 0) is 33.6 Å².